The lowest BCUT2D eigenvalue weighted by atomic mass is 9.95. The molecule has 1 saturated carbocycles. The van der Waals surface area contributed by atoms with Crippen molar-refractivity contribution in [1.29, 1.82) is 0 Å². The molecule has 2 N–H and O–H groups in total. The molecule has 0 heterocycles. The number of amides is 1. The number of carbonyl (C=O) groups is 1. The second kappa shape index (κ2) is 5.89. The summed E-state index contributed by atoms with van der Waals surface area (Å²) >= 11 is 0. The minimum Gasteiger partial charge on any atom is -0.386 e. The van der Waals surface area contributed by atoms with Crippen LogP contribution >= 0.6 is 0 Å². The van der Waals surface area contributed by atoms with Gasteiger partial charge in [-0.05, 0) is 24.5 Å². The predicted octanol–water partition coefficient (Wildman–Crippen LogP) is 2.71. The maximum Gasteiger partial charge on any atom is 0.230 e. The topological polar surface area (TPSA) is 49.3 Å². The molecule has 0 saturated heterocycles. The van der Waals surface area contributed by atoms with Crippen LogP contribution in [0, 0.1) is 5.82 Å². The fourth-order valence-corrected chi connectivity index (χ4v) is 2.74. The first kappa shape index (κ1) is 14.7. The average molecular weight is 299 g/mol. The highest BCUT2D eigenvalue weighted by Gasteiger charge is 2.51. The van der Waals surface area contributed by atoms with Gasteiger partial charge in [0.2, 0.25) is 5.91 Å². The van der Waals surface area contributed by atoms with E-state index in [0.717, 1.165) is 18.4 Å². The van der Waals surface area contributed by atoms with Gasteiger partial charge in [-0.25, -0.2) is 4.39 Å². The molecular formula is C18H18FNO2. The van der Waals surface area contributed by atoms with Crippen molar-refractivity contribution >= 4 is 5.91 Å². The highest BCUT2D eigenvalue weighted by atomic mass is 19.1. The van der Waals surface area contributed by atoms with E-state index in [-0.39, 0.29) is 18.0 Å². The zero-order chi connectivity index (χ0) is 15.6. The van der Waals surface area contributed by atoms with Crippen molar-refractivity contribution < 1.29 is 14.3 Å². The smallest absolute Gasteiger partial charge is 0.230 e. The number of hydrogen-bond donors (Lipinski definition) is 2. The summed E-state index contributed by atoms with van der Waals surface area (Å²) in [6, 6.07) is 15.7. The van der Waals surface area contributed by atoms with Gasteiger partial charge in [-0.15, -0.1) is 0 Å². The summed E-state index contributed by atoms with van der Waals surface area (Å²) in [6.45, 7) is 0.00828. The fourth-order valence-electron chi connectivity index (χ4n) is 2.74. The molecule has 1 atom stereocenters. The summed E-state index contributed by atoms with van der Waals surface area (Å²) in [5, 5.41) is 12.8. The van der Waals surface area contributed by atoms with Gasteiger partial charge in [-0.3, -0.25) is 4.79 Å². The van der Waals surface area contributed by atoms with E-state index in [1.54, 1.807) is 12.1 Å². The van der Waals surface area contributed by atoms with Crippen LogP contribution in [0.5, 0.6) is 0 Å². The van der Waals surface area contributed by atoms with Crippen molar-refractivity contribution in [1.82, 2.24) is 5.32 Å². The maximum absolute atomic E-state index is 13.6. The third-order valence-corrected chi connectivity index (χ3v) is 4.23. The van der Waals surface area contributed by atoms with Crippen molar-refractivity contribution in [3.63, 3.8) is 0 Å². The molecule has 3 rings (SSSR count). The second-order valence-electron chi connectivity index (χ2n) is 5.70. The van der Waals surface area contributed by atoms with Crippen molar-refractivity contribution in [3.8, 4) is 0 Å². The SMILES string of the molecule is O=C(NCC(O)c1ccccc1F)C1(c2ccccc2)CC1. The zero-order valence-electron chi connectivity index (χ0n) is 12.1. The van der Waals surface area contributed by atoms with Gasteiger partial charge in [0.25, 0.3) is 0 Å². The van der Waals surface area contributed by atoms with Crippen LogP contribution in [0.15, 0.2) is 54.6 Å². The van der Waals surface area contributed by atoms with Crippen LogP contribution in [0.4, 0.5) is 4.39 Å². The molecule has 1 aliphatic carbocycles. The van der Waals surface area contributed by atoms with E-state index >= 15 is 0 Å². The lowest BCUT2D eigenvalue weighted by Gasteiger charge is -2.18. The predicted molar refractivity (Wildman–Crippen MR) is 81.7 cm³/mol. The number of carbonyl (C=O) groups excluding carboxylic acids is 1. The summed E-state index contributed by atoms with van der Waals surface area (Å²) in [5.41, 5.74) is 0.719. The maximum atomic E-state index is 13.6. The molecule has 1 aliphatic rings. The Morgan fingerprint density at radius 2 is 1.77 bits per heavy atom. The quantitative estimate of drug-likeness (QED) is 0.892. The minimum atomic E-state index is -1.04. The Kier molecular flexibility index (Phi) is 3.94. The van der Waals surface area contributed by atoms with Crippen LogP contribution in [0.3, 0.4) is 0 Å². The first-order chi connectivity index (χ1) is 10.6. The van der Waals surface area contributed by atoms with Gasteiger partial charge < -0.3 is 10.4 Å². The van der Waals surface area contributed by atoms with Gasteiger partial charge in [-0.2, -0.15) is 0 Å². The van der Waals surface area contributed by atoms with Crippen LogP contribution in [-0.2, 0) is 10.2 Å². The van der Waals surface area contributed by atoms with Crippen LogP contribution in [-0.4, -0.2) is 17.6 Å². The summed E-state index contributed by atoms with van der Waals surface area (Å²) in [7, 11) is 0. The number of rotatable bonds is 5. The summed E-state index contributed by atoms with van der Waals surface area (Å²) < 4.78 is 13.6. The number of hydrogen-bond acceptors (Lipinski definition) is 2. The van der Waals surface area contributed by atoms with Crippen molar-refractivity contribution in [2.45, 2.75) is 24.4 Å². The first-order valence-electron chi connectivity index (χ1n) is 7.40. The van der Waals surface area contributed by atoms with Crippen LogP contribution < -0.4 is 5.32 Å². The molecule has 3 nitrogen and oxygen atoms in total. The number of nitrogens with one attached hydrogen (secondary N) is 1. The van der Waals surface area contributed by atoms with Crippen molar-refractivity contribution in [2.24, 2.45) is 0 Å². The van der Waals surface area contributed by atoms with E-state index in [4.69, 9.17) is 0 Å². The number of aliphatic hydroxyl groups is 1. The first-order valence-corrected chi connectivity index (χ1v) is 7.40. The Hall–Kier alpha value is -2.20. The van der Waals surface area contributed by atoms with Gasteiger partial charge in [0.1, 0.15) is 5.82 Å². The summed E-state index contributed by atoms with van der Waals surface area (Å²) in [6.07, 6.45) is 0.564. The lowest BCUT2D eigenvalue weighted by Crippen LogP contribution is -2.37. The van der Waals surface area contributed by atoms with E-state index < -0.39 is 17.3 Å². The third kappa shape index (κ3) is 2.74. The molecule has 0 spiro atoms. The molecule has 2 aromatic rings. The molecular weight excluding hydrogens is 281 g/mol. The standard InChI is InChI=1S/C18H18FNO2/c19-15-9-5-4-8-14(15)16(21)12-20-17(22)18(10-11-18)13-6-2-1-3-7-13/h1-9,16,21H,10-12H2,(H,20,22). The highest BCUT2D eigenvalue weighted by molar-refractivity contribution is 5.91. The molecule has 0 radical (unpaired) electrons. The largest absolute Gasteiger partial charge is 0.386 e. The molecule has 1 amide bonds. The molecule has 1 fully saturated rings. The zero-order valence-corrected chi connectivity index (χ0v) is 12.1. The van der Waals surface area contributed by atoms with Gasteiger partial charge in [0.05, 0.1) is 11.5 Å². The number of halogens is 1. The van der Waals surface area contributed by atoms with Crippen molar-refractivity contribution in [3.05, 3.63) is 71.5 Å². The highest BCUT2D eigenvalue weighted by Crippen LogP contribution is 2.48. The summed E-state index contributed by atoms with van der Waals surface area (Å²) in [5.74, 6) is -0.567. The molecule has 0 aromatic heterocycles. The van der Waals surface area contributed by atoms with Gasteiger partial charge >= 0.3 is 0 Å². The van der Waals surface area contributed by atoms with Gasteiger partial charge in [0.15, 0.2) is 0 Å². The Bertz CT molecular complexity index is 668. The number of aliphatic hydroxyl groups excluding tert-OH is 1. The molecule has 2 aromatic carbocycles. The van der Waals surface area contributed by atoms with E-state index in [2.05, 4.69) is 5.32 Å². The van der Waals surface area contributed by atoms with Crippen LogP contribution in [0.25, 0.3) is 0 Å². The fraction of sp³-hybridized carbons (Fsp3) is 0.278. The average Bonchev–Trinajstić information content (AvgIpc) is 3.35. The Balaban J connectivity index is 1.65. The number of benzene rings is 2. The molecule has 4 heteroatoms. The summed E-state index contributed by atoms with van der Waals surface area (Å²) in [4.78, 5) is 12.4. The third-order valence-electron chi connectivity index (χ3n) is 4.23. The second-order valence-corrected chi connectivity index (χ2v) is 5.70. The lowest BCUT2D eigenvalue weighted by molar-refractivity contribution is -0.124. The molecule has 0 bridgehead atoms. The van der Waals surface area contributed by atoms with E-state index in [9.17, 15) is 14.3 Å². The Morgan fingerprint density at radius 3 is 2.41 bits per heavy atom. The van der Waals surface area contributed by atoms with Crippen molar-refractivity contribution in [2.75, 3.05) is 6.54 Å². The monoisotopic (exact) mass is 299 g/mol. The Morgan fingerprint density at radius 1 is 1.14 bits per heavy atom. The van der Waals surface area contributed by atoms with Gasteiger partial charge in [0, 0.05) is 12.1 Å². The van der Waals surface area contributed by atoms with Crippen LogP contribution in [0.1, 0.15) is 30.1 Å². The molecule has 1 unspecified atom stereocenters. The molecule has 114 valence electrons. The molecule has 22 heavy (non-hydrogen) atoms. The normalized spacial score (nSPS) is 16.8. The van der Waals surface area contributed by atoms with Crippen LogP contribution in [0.2, 0.25) is 0 Å². The molecule has 0 aliphatic heterocycles. The Labute approximate surface area is 128 Å². The van der Waals surface area contributed by atoms with E-state index in [0.29, 0.717) is 0 Å². The minimum absolute atomic E-state index is 0.00828. The van der Waals surface area contributed by atoms with Gasteiger partial charge in [-0.1, -0.05) is 48.5 Å². The van der Waals surface area contributed by atoms with E-state index in [1.165, 1.54) is 12.1 Å². The van der Waals surface area contributed by atoms with E-state index in [1.807, 2.05) is 30.3 Å².